The number of carbonyl (C=O) groups is 2. The lowest BCUT2D eigenvalue weighted by atomic mass is 9.76. The number of aromatic nitrogens is 1. The SMILES string of the molecule is CC(C)(C)OC(=O)C1=CN(CCc2cn(S(=O)(=O)c3ccccc3)c3ccccc23)CC2CC(=O)C=CC12. The first-order valence-electron chi connectivity index (χ1n) is 12.8. The molecule has 8 heteroatoms. The predicted molar refractivity (Wildman–Crippen MR) is 146 cm³/mol. The molecule has 0 saturated heterocycles. The molecule has 0 spiro atoms. The van der Waals surface area contributed by atoms with Crippen LogP contribution in [-0.4, -0.2) is 47.7 Å². The maximum absolute atomic E-state index is 13.4. The zero-order valence-corrected chi connectivity index (χ0v) is 22.6. The number of fused-ring (bicyclic) bond motifs is 2. The van der Waals surface area contributed by atoms with E-state index in [9.17, 15) is 18.0 Å². The number of para-hydroxylation sites is 1. The fraction of sp³-hybridized carbons (Fsp3) is 0.333. The van der Waals surface area contributed by atoms with Crippen molar-refractivity contribution in [2.24, 2.45) is 11.8 Å². The number of rotatable bonds is 6. The first kappa shape index (κ1) is 26.0. The minimum Gasteiger partial charge on any atom is -0.457 e. The number of ketones is 1. The van der Waals surface area contributed by atoms with Gasteiger partial charge in [0.25, 0.3) is 10.0 Å². The first-order chi connectivity index (χ1) is 18.0. The molecule has 1 aliphatic heterocycles. The van der Waals surface area contributed by atoms with Crippen LogP contribution >= 0.6 is 0 Å². The second-order valence-electron chi connectivity index (χ2n) is 10.9. The maximum atomic E-state index is 13.4. The predicted octanol–water partition coefficient (Wildman–Crippen LogP) is 4.72. The summed E-state index contributed by atoms with van der Waals surface area (Å²) in [5.74, 6) is -0.482. The molecular weight excluding hydrogens is 500 g/mol. The third-order valence-corrected chi connectivity index (χ3v) is 8.66. The number of esters is 1. The molecular formula is C30H32N2O5S. The van der Waals surface area contributed by atoms with Crippen LogP contribution in [0.1, 0.15) is 32.8 Å². The maximum Gasteiger partial charge on any atom is 0.336 e. The highest BCUT2D eigenvalue weighted by atomic mass is 32.2. The minimum atomic E-state index is -3.76. The normalized spacial score (nSPS) is 19.8. The van der Waals surface area contributed by atoms with Crippen molar-refractivity contribution in [2.45, 2.75) is 44.1 Å². The van der Waals surface area contributed by atoms with E-state index in [2.05, 4.69) is 4.90 Å². The van der Waals surface area contributed by atoms with Crippen molar-refractivity contribution in [1.82, 2.24) is 8.87 Å². The van der Waals surface area contributed by atoms with Gasteiger partial charge in [0.1, 0.15) is 5.60 Å². The van der Waals surface area contributed by atoms with Crippen LogP contribution in [0.15, 0.2) is 89.6 Å². The van der Waals surface area contributed by atoms with E-state index >= 15 is 0 Å². The summed E-state index contributed by atoms with van der Waals surface area (Å²) in [7, 11) is -3.76. The molecule has 3 aromatic rings. The van der Waals surface area contributed by atoms with E-state index in [1.807, 2.05) is 57.3 Å². The zero-order valence-electron chi connectivity index (χ0n) is 21.8. The van der Waals surface area contributed by atoms with Gasteiger partial charge >= 0.3 is 5.97 Å². The van der Waals surface area contributed by atoms with Gasteiger partial charge in [-0.15, -0.1) is 0 Å². The van der Waals surface area contributed by atoms with Crippen LogP contribution in [0.3, 0.4) is 0 Å². The van der Waals surface area contributed by atoms with Gasteiger partial charge in [-0.3, -0.25) is 4.79 Å². The Hall–Kier alpha value is -3.65. The van der Waals surface area contributed by atoms with E-state index in [0.717, 1.165) is 10.9 Å². The van der Waals surface area contributed by atoms with Crippen LogP contribution < -0.4 is 0 Å². The third kappa shape index (κ3) is 5.18. The average molecular weight is 533 g/mol. The molecule has 2 aromatic carbocycles. The van der Waals surface area contributed by atoms with Crippen molar-refractivity contribution in [3.05, 3.63) is 90.3 Å². The molecule has 198 valence electrons. The number of ether oxygens (including phenoxy) is 1. The molecule has 0 fully saturated rings. The van der Waals surface area contributed by atoms with Crippen LogP contribution in [-0.2, 0) is 30.8 Å². The van der Waals surface area contributed by atoms with Crippen molar-refractivity contribution in [2.75, 3.05) is 13.1 Å². The molecule has 0 N–H and O–H groups in total. The summed E-state index contributed by atoms with van der Waals surface area (Å²) in [5.41, 5.74) is 1.44. The molecule has 0 saturated carbocycles. The number of nitrogens with zero attached hydrogens (tertiary/aromatic N) is 2. The minimum absolute atomic E-state index is 0.0141. The van der Waals surface area contributed by atoms with Crippen LogP contribution in [0, 0.1) is 11.8 Å². The van der Waals surface area contributed by atoms with Crippen molar-refractivity contribution >= 4 is 32.7 Å². The van der Waals surface area contributed by atoms with Gasteiger partial charge in [-0.25, -0.2) is 17.2 Å². The second-order valence-corrected chi connectivity index (χ2v) is 12.7. The Bertz CT molecular complexity index is 1540. The summed E-state index contributed by atoms with van der Waals surface area (Å²) in [5, 5.41) is 0.869. The van der Waals surface area contributed by atoms with Crippen LogP contribution in [0.4, 0.5) is 0 Å². The van der Waals surface area contributed by atoms with Crippen molar-refractivity contribution in [3.8, 4) is 0 Å². The van der Waals surface area contributed by atoms with Gasteiger partial charge in [0, 0.05) is 43.2 Å². The lowest BCUT2D eigenvalue weighted by Gasteiger charge is -2.38. The number of hydrogen-bond acceptors (Lipinski definition) is 6. The van der Waals surface area contributed by atoms with Crippen LogP contribution in [0.25, 0.3) is 10.9 Å². The number of carbonyl (C=O) groups excluding carboxylic acids is 2. The van der Waals surface area contributed by atoms with Crippen molar-refractivity contribution in [3.63, 3.8) is 0 Å². The molecule has 0 amide bonds. The quantitative estimate of drug-likeness (QED) is 0.427. The Morgan fingerprint density at radius 3 is 2.50 bits per heavy atom. The number of benzene rings is 2. The molecule has 7 nitrogen and oxygen atoms in total. The van der Waals surface area contributed by atoms with E-state index in [1.165, 1.54) is 3.97 Å². The number of hydrogen-bond donors (Lipinski definition) is 0. The summed E-state index contributed by atoms with van der Waals surface area (Å²) >= 11 is 0. The monoisotopic (exact) mass is 532 g/mol. The Labute approximate surface area is 223 Å². The van der Waals surface area contributed by atoms with Gasteiger partial charge in [0.05, 0.1) is 16.0 Å². The van der Waals surface area contributed by atoms with Gasteiger partial charge in [-0.1, -0.05) is 42.5 Å². The zero-order chi connectivity index (χ0) is 27.1. The van der Waals surface area contributed by atoms with Gasteiger partial charge in [-0.05, 0) is 62.9 Å². The fourth-order valence-corrected chi connectivity index (χ4v) is 6.67. The second kappa shape index (κ2) is 9.91. The summed E-state index contributed by atoms with van der Waals surface area (Å²) in [6.45, 7) is 6.70. The Kier molecular flexibility index (Phi) is 6.77. The molecule has 2 unspecified atom stereocenters. The number of allylic oxidation sites excluding steroid dienone is 2. The molecule has 1 aliphatic carbocycles. The van der Waals surface area contributed by atoms with E-state index in [4.69, 9.17) is 4.74 Å². The highest BCUT2D eigenvalue weighted by Gasteiger charge is 2.37. The fourth-order valence-electron chi connectivity index (χ4n) is 5.26. The molecule has 0 radical (unpaired) electrons. The summed E-state index contributed by atoms with van der Waals surface area (Å²) in [6.07, 6.45) is 7.90. The molecule has 5 rings (SSSR count). The van der Waals surface area contributed by atoms with Crippen molar-refractivity contribution < 1.29 is 22.7 Å². The van der Waals surface area contributed by atoms with E-state index in [1.54, 1.807) is 42.6 Å². The molecule has 2 atom stereocenters. The van der Waals surface area contributed by atoms with E-state index in [0.29, 0.717) is 37.0 Å². The van der Waals surface area contributed by atoms with Gasteiger partial charge < -0.3 is 9.64 Å². The molecule has 0 bridgehead atoms. The van der Waals surface area contributed by atoms with Gasteiger partial charge in [-0.2, -0.15) is 0 Å². The Morgan fingerprint density at radius 2 is 1.76 bits per heavy atom. The molecule has 1 aromatic heterocycles. The molecule has 2 aliphatic rings. The standard InChI is InChI=1S/C30H32N2O5S/c1-30(2,3)37-29(34)27-20-31(18-22-17-23(33)13-14-25(22)27)16-15-21-19-32(28-12-8-7-11-26(21)28)38(35,36)24-9-5-4-6-10-24/h4-14,19-20,22,25H,15-18H2,1-3H3. The van der Waals surface area contributed by atoms with Gasteiger partial charge in [0.15, 0.2) is 5.78 Å². The highest BCUT2D eigenvalue weighted by molar-refractivity contribution is 7.90. The molecule has 38 heavy (non-hydrogen) atoms. The highest BCUT2D eigenvalue weighted by Crippen LogP contribution is 2.36. The third-order valence-electron chi connectivity index (χ3n) is 6.97. The average Bonchev–Trinajstić information content (AvgIpc) is 3.26. The molecule has 2 heterocycles. The summed E-state index contributed by atoms with van der Waals surface area (Å²) in [6, 6.07) is 15.9. The van der Waals surface area contributed by atoms with E-state index < -0.39 is 15.6 Å². The lowest BCUT2D eigenvalue weighted by Crippen LogP contribution is -2.41. The van der Waals surface area contributed by atoms with E-state index in [-0.39, 0.29) is 28.5 Å². The largest absolute Gasteiger partial charge is 0.457 e. The van der Waals surface area contributed by atoms with Crippen LogP contribution in [0.5, 0.6) is 0 Å². The van der Waals surface area contributed by atoms with Gasteiger partial charge in [0.2, 0.25) is 0 Å². The summed E-state index contributed by atoms with van der Waals surface area (Å²) in [4.78, 5) is 27.5. The summed E-state index contributed by atoms with van der Waals surface area (Å²) < 4.78 is 33.9. The lowest BCUT2D eigenvalue weighted by molar-refractivity contribution is -0.151. The Morgan fingerprint density at radius 1 is 1.05 bits per heavy atom. The van der Waals surface area contributed by atoms with Crippen molar-refractivity contribution in [1.29, 1.82) is 0 Å². The topological polar surface area (TPSA) is 85.7 Å². The van der Waals surface area contributed by atoms with Crippen LogP contribution in [0.2, 0.25) is 0 Å². The smallest absolute Gasteiger partial charge is 0.336 e. The Balaban J connectivity index is 1.45. The first-order valence-corrected chi connectivity index (χ1v) is 14.3.